The van der Waals surface area contributed by atoms with Crippen LogP contribution in [0.1, 0.15) is 10.5 Å². The number of aromatic amines is 1. The van der Waals surface area contributed by atoms with E-state index in [9.17, 15) is 4.79 Å². The van der Waals surface area contributed by atoms with Gasteiger partial charge in [-0.05, 0) is 27.6 Å². The van der Waals surface area contributed by atoms with E-state index in [1.165, 1.54) is 12.2 Å². The molecule has 0 bridgehead atoms. The molecule has 0 saturated heterocycles. The Morgan fingerprint density at radius 3 is 2.55 bits per heavy atom. The first-order valence-corrected chi connectivity index (χ1v) is 7.60. The Bertz CT molecular complexity index is 827. The number of amides is 1. The van der Waals surface area contributed by atoms with Gasteiger partial charge in [-0.2, -0.15) is 0 Å². The Labute approximate surface area is 136 Å². The van der Waals surface area contributed by atoms with Crippen LogP contribution in [0.3, 0.4) is 0 Å². The third kappa shape index (κ3) is 2.42. The highest BCUT2D eigenvalue weighted by Crippen LogP contribution is 2.35. The summed E-state index contributed by atoms with van der Waals surface area (Å²) >= 11 is 3.53. The van der Waals surface area contributed by atoms with Crippen LogP contribution in [0.2, 0.25) is 0 Å². The predicted molar refractivity (Wildman–Crippen MR) is 90.5 cm³/mol. The number of para-hydroxylation sites is 1. The first-order chi connectivity index (χ1) is 10.6. The summed E-state index contributed by atoms with van der Waals surface area (Å²) in [6, 6.07) is 15.8. The highest BCUT2D eigenvalue weighted by molar-refractivity contribution is 9.10. The fourth-order valence-corrected chi connectivity index (χ4v) is 2.95. The summed E-state index contributed by atoms with van der Waals surface area (Å²) in [5, 5.41) is 2.21. The van der Waals surface area contributed by atoms with E-state index in [2.05, 4.69) is 20.9 Å². The van der Waals surface area contributed by atoms with Gasteiger partial charge in [-0.3, -0.25) is 9.63 Å². The number of carbonyl (C=O) groups excluding carboxylic acids is 1. The number of H-pyrrole nitrogens is 1. The Hall–Kier alpha value is -2.11. The molecule has 3 aromatic rings. The lowest BCUT2D eigenvalue weighted by Gasteiger charge is -2.14. The predicted octanol–water partition coefficient (Wildman–Crippen LogP) is 4.23. The molecule has 0 saturated carbocycles. The molecule has 0 spiro atoms. The number of hydrogen-bond acceptors (Lipinski definition) is 2. The number of rotatable bonds is 3. The van der Waals surface area contributed by atoms with Crippen molar-refractivity contribution in [2.24, 2.45) is 0 Å². The van der Waals surface area contributed by atoms with Gasteiger partial charge in [0.15, 0.2) is 0 Å². The van der Waals surface area contributed by atoms with E-state index in [0.717, 1.165) is 26.5 Å². The third-order valence-electron chi connectivity index (χ3n) is 3.62. The normalized spacial score (nSPS) is 10.9. The van der Waals surface area contributed by atoms with Gasteiger partial charge in [0.25, 0.3) is 5.91 Å². The number of carbonyl (C=O) groups is 1. The van der Waals surface area contributed by atoms with Gasteiger partial charge in [-0.1, -0.05) is 42.5 Å². The molecule has 5 heteroatoms. The van der Waals surface area contributed by atoms with Crippen molar-refractivity contribution >= 4 is 32.7 Å². The monoisotopic (exact) mass is 358 g/mol. The number of benzene rings is 2. The van der Waals surface area contributed by atoms with Crippen LogP contribution < -0.4 is 0 Å². The number of aromatic nitrogens is 1. The van der Waals surface area contributed by atoms with Crippen molar-refractivity contribution in [2.75, 3.05) is 14.2 Å². The number of nitrogens with zero attached hydrogens (tertiary/aromatic N) is 1. The Kier molecular flexibility index (Phi) is 4.00. The van der Waals surface area contributed by atoms with Crippen LogP contribution in [0.5, 0.6) is 0 Å². The molecule has 112 valence electrons. The number of nitrogens with one attached hydrogen (secondary N) is 1. The molecule has 0 radical (unpaired) electrons. The average molecular weight is 359 g/mol. The van der Waals surface area contributed by atoms with Crippen molar-refractivity contribution in [2.45, 2.75) is 0 Å². The Morgan fingerprint density at radius 2 is 1.86 bits per heavy atom. The molecular weight excluding hydrogens is 344 g/mol. The van der Waals surface area contributed by atoms with Crippen LogP contribution in [0.15, 0.2) is 53.0 Å². The molecule has 4 nitrogen and oxygen atoms in total. The molecule has 2 aromatic carbocycles. The van der Waals surface area contributed by atoms with Crippen LogP contribution >= 0.6 is 15.9 Å². The summed E-state index contributed by atoms with van der Waals surface area (Å²) in [5.74, 6) is -0.218. The molecule has 1 aromatic heterocycles. The van der Waals surface area contributed by atoms with Crippen molar-refractivity contribution in [3.63, 3.8) is 0 Å². The lowest BCUT2D eigenvalue weighted by Crippen LogP contribution is -2.26. The Morgan fingerprint density at radius 1 is 1.14 bits per heavy atom. The van der Waals surface area contributed by atoms with Gasteiger partial charge in [0.05, 0.1) is 12.6 Å². The van der Waals surface area contributed by atoms with Gasteiger partial charge >= 0.3 is 0 Å². The molecule has 1 heterocycles. The van der Waals surface area contributed by atoms with Crippen LogP contribution in [0.25, 0.3) is 22.0 Å². The molecule has 1 amide bonds. The second kappa shape index (κ2) is 5.94. The number of hydroxylamine groups is 2. The minimum Gasteiger partial charge on any atom is -0.349 e. The van der Waals surface area contributed by atoms with E-state index < -0.39 is 0 Å². The fraction of sp³-hybridized carbons (Fsp3) is 0.118. The zero-order chi connectivity index (χ0) is 15.7. The van der Waals surface area contributed by atoms with E-state index in [1.54, 1.807) is 7.05 Å². The molecule has 0 unspecified atom stereocenters. The maximum absolute atomic E-state index is 12.6. The van der Waals surface area contributed by atoms with E-state index in [0.29, 0.717) is 5.69 Å². The Balaban J connectivity index is 2.32. The van der Waals surface area contributed by atoms with Crippen molar-refractivity contribution in [1.82, 2.24) is 10.0 Å². The molecule has 0 atom stereocenters. The van der Waals surface area contributed by atoms with Gasteiger partial charge in [0.2, 0.25) is 0 Å². The van der Waals surface area contributed by atoms with Crippen molar-refractivity contribution < 1.29 is 9.63 Å². The van der Waals surface area contributed by atoms with Gasteiger partial charge in [0, 0.05) is 22.5 Å². The third-order valence-corrected chi connectivity index (χ3v) is 4.28. The van der Waals surface area contributed by atoms with Crippen LogP contribution in [0, 0.1) is 0 Å². The molecule has 1 N–H and O–H groups in total. The highest BCUT2D eigenvalue weighted by atomic mass is 79.9. The lowest BCUT2D eigenvalue weighted by atomic mass is 10.0. The summed E-state index contributed by atoms with van der Waals surface area (Å²) in [6.07, 6.45) is 0. The number of fused-ring (bicyclic) bond motifs is 1. The highest BCUT2D eigenvalue weighted by Gasteiger charge is 2.22. The lowest BCUT2D eigenvalue weighted by molar-refractivity contribution is -0.0759. The van der Waals surface area contributed by atoms with Gasteiger partial charge < -0.3 is 4.98 Å². The zero-order valence-electron chi connectivity index (χ0n) is 12.3. The first-order valence-electron chi connectivity index (χ1n) is 6.81. The van der Waals surface area contributed by atoms with E-state index in [4.69, 9.17) is 4.84 Å². The maximum Gasteiger partial charge on any atom is 0.294 e. The molecule has 0 aliphatic rings. The van der Waals surface area contributed by atoms with Crippen LogP contribution in [-0.4, -0.2) is 30.1 Å². The summed E-state index contributed by atoms with van der Waals surface area (Å²) < 4.78 is 0.918. The SMILES string of the molecule is CON(C)C(=O)c1[nH]c2c(Br)cccc2c1-c1ccccc1. The van der Waals surface area contributed by atoms with Crippen molar-refractivity contribution in [1.29, 1.82) is 0 Å². The summed E-state index contributed by atoms with van der Waals surface area (Å²) in [7, 11) is 3.07. The van der Waals surface area contributed by atoms with Crippen LogP contribution in [0.4, 0.5) is 0 Å². The second-order valence-corrected chi connectivity index (χ2v) is 5.74. The summed E-state index contributed by atoms with van der Waals surface area (Å²) in [6.45, 7) is 0. The first kappa shape index (κ1) is 14.8. The smallest absolute Gasteiger partial charge is 0.294 e. The molecular formula is C17H15BrN2O2. The largest absolute Gasteiger partial charge is 0.349 e. The van der Waals surface area contributed by atoms with Crippen molar-refractivity contribution in [3.05, 3.63) is 58.7 Å². The van der Waals surface area contributed by atoms with Crippen LogP contribution in [-0.2, 0) is 4.84 Å². The van der Waals surface area contributed by atoms with Gasteiger partial charge in [-0.25, -0.2) is 5.06 Å². The summed E-state index contributed by atoms with van der Waals surface area (Å²) in [5.41, 5.74) is 3.28. The summed E-state index contributed by atoms with van der Waals surface area (Å²) in [4.78, 5) is 20.9. The fourth-order valence-electron chi connectivity index (χ4n) is 2.49. The average Bonchev–Trinajstić information content (AvgIpc) is 2.95. The minimum absolute atomic E-state index is 0.218. The minimum atomic E-state index is -0.218. The molecule has 0 fully saturated rings. The maximum atomic E-state index is 12.6. The topological polar surface area (TPSA) is 45.3 Å². The molecule has 3 rings (SSSR count). The van der Waals surface area contributed by atoms with E-state index >= 15 is 0 Å². The standard InChI is InChI=1S/C17H15BrN2O2/c1-20(22-2)17(21)16-14(11-7-4-3-5-8-11)12-9-6-10-13(18)15(12)19-16/h3-10,19H,1-2H3. The van der Waals surface area contributed by atoms with E-state index in [-0.39, 0.29) is 5.91 Å². The van der Waals surface area contributed by atoms with Gasteiger partial charge in [-0.15, -0.1) is 0 Å². The van der Waals surface area contributed by atoms with E-state index in [1.807, 2.05) is 48.5 Å². The zero-order valence-corrected chi connectivity index (χ0v) is 13.8. The van der Waals surface area contributed by atoms with Crippen molar-refractivity contribution in [3.8, 4) is 11.1 Å². The quantitative estimate of drug-likeness (QED) is 0.712. The molecule has 0 aliphatic heterocycles. The molecule has 22 heavy (non-hydrogen) atoms. The second-order valence-electron chi connectivity index (χ2n) is 4.89. The molecule has 0 aliphatic carbocycles. The number of hydrogen-bond donors (Lipinski definition) is 1. The van der Waals surface area contributed by atoms with Gasteiger partial charge in [0.1, 0.15) is 5.69 Å². The number of halogens is 1.